The average Bonchev–Trinajstić information content (AvgIpc) is 2.09. The molecular weight excluding hydrogens is 232 g/mol. The summed E-state index contributed by atoms with van der Waals surface area (Å²) in [6.07, 6.45) is 0. The third kappa shape index (κ3) is 2.82. The first-order valence-electron chi connectivity index (χ1n) is 3.98. The summed E-state index contributed by atoms with van der Waals surface area (Å²) in [4.78, 5) is 11.0. The van der Waals surface area contributed by atoms with Gasteiger partial charge in [0.2, 0.25) is 0 Å². The number of aryl methyl sites for hydroxylation is 1. The van der Waals surface area contributed by atoms with E-state index in [1.54, 1.807) is 0 Å². The average molecular weight is 244 g/mol. The lowest BCUT2D eigenvalue weighted by molar-refractivity contribution is -0.353. The van der Waals surface area contributed by atoms with E-state index in [2.05, 4.69) is 27.0 Å². The normalized spacial score (nSPS) is 9.77. The van der Waals surface area contributed by atoms with E-state index in [1.165, 1.54) is 0 Å². The lowest BCUT2D eigenvalue weighted by atomic mass is 10.2. The van der Waals surface area contributed by atoms with E-state index >= 15 is 0 Å². The number of anilines is 1. The van der Waals surface area contributed by atoms with E-state index in [0.717, 1.165) is 15.7 Å². The largest absolute Gasteiger partial charge is 0.350 e. The van der Waals surface area contributed by atoms with E-state index < -0.39 is 0 Å². The summed E-state index contributed by atoms with van der Waals surface area (Å²) < 4.78 is 1.01. The van der Waals surface area contributed by atoms with E-state index in [-0.39, 0.29) is 12.5 Å². The number of hydrogen-bond acceptors (Lipinski definition) is 1. The van der Waals surface area contributed by atoms with Crippen LogP contribution in [0.3, 0.4) is 0 Å². The fourth-order valence-corrected chi connectivity index (χ4v) is 1.46. The monoisotopic (exact) mass is 243 g/mol. The minimum atomic E-state index is -0.0644. The van der Waals surface area contributed by atoms with Crippen molar-refractivity contribution in [2.24, 2.45) is 0 Å². The van der Waals surface area contributed by atoms with Crippen LogP contribution < -0.4 is 11.1 Å². The highest BCUT2D eigenvalue weighted by molar-refractivity contribution is 9.10. The molecule has 1 aromatic rings. The molecule has 0 aliphatic carbocycles. The van der Waals surface area contributed by atoms with Gasteiger partial charge in [0.05, 0.1) is 0 Å². The van der Waals surface area contributed by atoms with Crippen molar-refractivity contribution in [3.63, 3.8) is 0 Å². The van der Waals surface area contributed by atoms with Crippen molar-refractivity contribution in [3.8, 4) is 0 Å². The van der Waals surface area contributed by atoms with E-state index in [4.69, 9.17) is 0 Å². The quantitative estimate of drug-likeness (QED) is 0.799. The Kier molecular flexibility index (Phi) is 3.45. The molecule has 0 heterocycles. The molecule has 4 N–H and O–H groups in total. The fourth-order valence-electron chi connectivity index (χ4n) is 0.980. The standard InChI is InChI=1S/C9H11BrN2O/c1-6-4-7(10)2-3-8(6)12-9(13)5-11/h2-4H,5,11H2,1H3,(H,12,13)/p+1. The third-order valence-electron chi connectivity index (χ3n) is 1.69. The van der Waals surface area contributed by atoms with Crippen LogP contribution in [0.4, 0.5) is 5.69 Å². The molecule has 1 rings (SSSR count). The molecule has 0 bridgehead atoms. The maximum absolute atomic E-state index is 11.0. The van der Waals surface area contributed by atoms with Crippen molar-refractivity contribution in [1.82, 2.24) is 0 Å². The highest BCUT2D eigenvalue weighted by atomic mass is 79.9. The Balaban J connectivity index is 2.83. The van der Waals surface area contributed by atoms with Crippen molar-refractivity contribution in [3.05, 3.63) is 28.2 Å². The van der Waals surface area contributed by atoms with Crippen LogP contribution in [0.1, 0.15) is 5.56 Å². The van der Waals surface area contributed by atoms with Crippen LogP contribution in [-0.4, -0.2) is 12.5 Å². The second-order valence-electron chi connectivity index (χ2n) is 2.76. The Bertz CT molecular complexity index is 325. The highest BCUT2D eigenvalue weighted by Gasteiger charge is 2.03. The second-order valence-corrected chi connectivity index (χ2v) is 3.67. The third-order valence-corrected chi connectivity index (χ3v) is 2.18. The van der Waals surface area contributed by atoms with Gasteiger partial charge in [-0.3, -0.25) is 4.79 Å². The summed E-state index contributed by atoms with van der Waals surface area (Å²) in [6, 6.07) is 5.72. The summed E-state index contributed by atoms with van der Waals surface area (Å²) in [5.41, 5.74) is 5.39. The first-order chi connectivity index (χ1) is 6.13. The van der Waals surface area contributed by atoms with E-state index in [9.17, 15) is 4.79 Å². The molecule has 0 aromatic heterocycles. The molecule has 0 radical (unpaired) electrons. The molecule has 4 heteroatoms. The SMILES string of the molecule is Cc1cc(Br)ccc1NC(=O)C[NH3+]. The maximum atomic E-state index is 11.0. The van der Waals surface area contributed by atoms with Gasteiger partial charge in [-0.25, -0.2) is 0 Å². The van der Waals surface area contributed by atoms with Crippen molar-refractivity contribution in [2.45, 2.75) is 6.92 Å². The van der Waals surface area contributed by atoms with Gasteiger partial charge in [-0.15, -0.1) is 0 Å². The number of quaternary nitrogens is 1. The molecule has 0 saturated heterocycles. The van der Waals surface area contributed by atoms with Gasteiger partial charge in [-0.05, 0) is 30.7 Å². The zero-order valence-electron chi connectivity index (χ0n) is 7.43. The molecule has 70 valence electrons. The molecule has 13 heavy (non-hydrogen) atoms. The first kappa shape index (κ1) is 10.2. The highest BCUT2D eigenvalue weighted by Crippen LogP contribution is 2.19. The van der Waals surface area contributed by atoms with Crippen LogP contribution in [0, 0.1) is 6.92 Å². The molecular formula is C9H12BrN2O+. The maximum Gasteiger partial charge on any atom is 0.279 e. The number of hydrogen-bond donors (Lipinski definition) is 2. The molecule has 0 spiro atoms. The molecule has 1 amide bonds. The van der Waals surface area contributed by atoms with Crippen molar-refractivity contribution < 1.29 is 10.5 Å². The van der Waals surface area contributed by atoms with Crippen molar-refractivity contribution in [1.29, 1.82) is 0 Å². The topological polar surface area (TPSA) is 56.7 Å². The summed E-state index contributed by atoms with van der Waals surface area (Å²) in [6.45, 7) is 2.21. The van der Waals surface area contributed by atoms with Gasteiger partial charge in [-0.1, -0.05) is 15.9 Å². The van der Waals surface area contributed by atoms with Gasteiger partial charge < -0.3 is 11.1 Å². The van der Waals surface area contributed by atoms with Crippen molar-refractivity contribution >= 4 is 27.5 Å². The molecule has 0 aliphatic rings. The molecule has 1 aromatic carbocycles. The van der Waals surface area contributed by atoms with Gasteiger partial charge in [0, 0.05) is 10.2 Å². The summed E-state index contributed by atoms with van der Waals surface area (Å²) in [7, 11) is 0. The Hall–Kier alpha value is -0.870. The molecule has 0 unspecified atom stereocenters. The first-order valence-corrected chi connectivity index (χ1v) is 4.78. The number of benzene rings is 1. The van der Waals surface area contributed by atoms with Gasteiger partial charge in [0.25, 0.3) is 5.91 Å². The minimum Gasteiger partial charge on any atom is -0.350 e. The number of carbonyl (C=O) groups excluding carboxylic acids is 1. The number of rotatable bonds is 2. The lowest BCUT2D eigenvalue weighted by Crippen LogP contribution is -2.55. The predicted molar refractivity (Wildman–Crippen MR) is 55.3 cm³/mol. The Labute approximate surface area is 85.4 Å². The number of amides is 1. The van der Waals surface area contributed by atoms with Crippen LogP contribution in [0.25, 0.3) is 0 Å². The number of halogens is 1. The van der Waals surface area contributed by atoms with E-state index in [0.29, 0.717) is 0 Å². The van der Waals surface area contributed by atoms with Crippen molar-refractivity contribution in [2.75, 3.05) is 11.9 Å². The second kappa shape index (κ2) is 4.39. The van der Waals surface area contributed by atoms with Crippen LogP contribution >= 0.6 is 15.9 Å². The van der Waals surface area contributed by atoms with Crippen LogP contribution in [0.2, 0.25) is 0 Å². The fraction of sp³-hybridized carbons (Fsp3) is 0.222. The van der Waals surface area contributed by atoms with E-state index in [1.807, 2.05) is 25.1 Å². The molecule has 0 saturated carbocycles. The van der Waals surface area contributed by atoms with Gasteiger partial charge in [0.15, 0.2) is 6.54 Å². The molecule has 3 nitrogen and oxygen atoms in total. The van der Waals surface area contributed by atoms with Gasteiger partial charge in [-0.2, -0.15) is 0 Å². The van der Waals surface area contributed by atoms with Crippen LogP contribution in [0.15, 0.2) is 22.7 Å². The molecule has 0 aliphatic heterocycles. The lowest BCUT2D eigenvalue weighted by Gasteiger charge is -2.06. The predicted octanol–water partition coefficient (Wildman–Crippen LogP) is 0.938. The Morgan fingerprint density at radius 3 is 2.85 bits per heavy atom. The summed E-state index contributed by atoms with van der Waals surface area (Å²) in [5, 5.41) is 2.76. The minimum absolute atomic E-state index is 0.0644. The molecule has 0 atom stereocenters. The van der Waals surface area contributed by atoms with Crippen LogP contribution in [-0.2, 0) is 4.79 Å². The van der Waals surface area contributed by atoms with Crippen LogP contribution in [0.5, 0.6) is 0 Å². The summed E-state index contributed by atoms with van der Waals surface area (Å²) >= 11 is 3.35. The number of nitrogens with one attached hydrogen (secondary N) is 1. The zero-order chi connectivity index (χ0) is 9.84. The smallest absolute Gasteiger partial charge is 0.279 e. The zero-order valence-corrected chi connectivity index (χ0v) is 9.02. The Morgan fingerprint density at radius 1 is 1.62 bits per heavy atom. The van der Waals surface area contributed by atoms with Gasteiger partial charge in [0.1, 0.15) is 0 Å². The summed E-state index contributed by atoms with van der Waals surface area (Å²) in [5.74, 6) is -0.0644. The number of carbonyl (C=O) groups is 1. The Morgan fingerprint density at radius 2 is 2.31 bits per heavy atom. The molecule has 0 fully saturated rings. The van der Waals surface area contributed by atoms with Gasteiger partial charge >= 0.3 is 0 Å².